The molecule has 116 valence electrons. The Balaban J connectivity index is 2.21. The quantitative estimate of drug-likeness (QED) is 0.777. The summed E-state index contributed by atoms with van der Waals surface area (Å²) in [7, 11) is 0. The first-order valence-electron chi connectivity index (χ1n) is 7.54. The third-order valence-corrected chi connectivity index (χ3v) is 4.45. The van der Waals surface area contributed by atoms with Crippen LogP contribution in [0.3, 0.4) is 0 Å². The zero-order chi connectivity index (χ0) is 15.5. The molecule has 21 heavy (non-hydrogen) atoms. The largest absolute Gasteiger partial charge is 0.478 e. The number of rotatable bonds is 5. The van der Waals surface area contributed by atoms with E-state index in [0.29, 0.717) is 17.9 Å². The van der Waals surface area contributed by atoms with E-state index in [-0.39, 0.29) is 17.6 Å². The van der Waals surface area contributed by atoms with E-state index >= 15 is 0 Å². The average molecular weight is 292 g/mol. The zero-order valence-electron chi connectivity index (χ0n) is 12.8. The van der Waals surface area contributed by atoms with Gasteiger partial charge >= 0.3 is 5.97 Å². The van der Waals surface area contributed by atoms with Crippen molar-refractivity contribution in [3.63, 3.8) is 0 Å². The van der Waals surface area contributed by atoms with Crippen LogP contribution in [0.25, 0.3) is 0 Å². The van der Waals surface area contributed by atoms with Crippen LogP contribution in [-0.2, 0) is 0 Å². The predicted molar refractivity (Wildman–Crippen MR) is 81.8 cm³/mol. The summed E-state index contributed by atoms with van der Waals surface area (Å²) in [4.78, 5) is 15.6. The van der Waals surface area contributed by atoms with Crippen molar-refractivity contribution < 1.29 is 15.0 Å². The van der Waals surface area contributed by atoms with Crippen LogP contribution in [0, 0.1) is 19.3 Å². The van der Waals surface area contributed by atoms with Crippen molar-refractivity contribution in [3.8, 4) is 0 Å². The van der Waals surface area contributed by atoms with E-state index in [2.05, 4.69) is 10.3 Å². The van der Waals surface area contributed by atoms with Gasteiger partial charge in [0.25, 0.3) is 0 Å². The van der Waals surface area contributed by atoms with Gasteiger partial charge < -0.3 is 15.5 Å². The van der Waals surface area contributed by atoms with Gasteiger partial charge in [-0.1, -0.05) is 19.3 Å². The molecular weight excluding hydrogens is 268 g/mol. The number of nitrogens with one attached hydrogen (secondary N) is 1. The summed E-state index contributed by atoms with van der Waals surface area (Å²) in [6, 6.07) is 1.77. The first kappa shape index (κ1) is 15.8. The number of pyridine rings is 1. The normalized spacial score (nSPS) is 17.5. The van der Waals surface area contributed by atoms with Gasteiger partial charge in [-0.05, 0) is 32.8 Å². The van der Waals surface area contributed by atoms with Gasteiger partial charge in [0.1, 0.15) is 5.56 Å². The highest BCUT2D eigenvalue weighted by atomic mass is 16.4. The highest BCUT2D eigenvalue weighted by molar-refractivity contribution is 5.95. The number of hydrogen-bond acceptors (Lipinski definition) is 4. The van der Waals surface area contributed by atoms with E-state index in [4.69, 9.17) is 0 Å². The molecule has 1 aliphatic carbocycles. The molecule has 0 aliphatic heterocycles. The Morgan fingerprint density at radius 3 is 2.57 bits per heavy atom. The number of aromatic carboxylic acids is 1. The number of aromatic nitrogens is 1. The monoisotopic (exact) mass is 292 g/mol. The Bertz CT molecular complexity index is 522. The van der Waals surface area contributed by atoms with E-state index in [9.17, 15) is 15.0 Å². The van der Waals surface area contributed by atoms with Crippen LogP contribution in [0.4, 0.5) is 5.69 Å². The van der Waals surface area contributed by atoms with Crippen LogP contribution >= 0.6 is 0 Å². The van der Waals surface area contributed by atoms with Crippen LogP contribution in [0.5, 0.6) is 0 Å². The molecule has 5 heteroatoms. The number of hydrogen-bond donors (Lipinski definition) is 3. The Kier molecular flexibility index (Phi) is 4.83. The van der Waals surface area contributed by atoms with E-state index in [1.165, 1.54) is 6.42 Å². The third kappa shape index (κ3) is 3.53. The molecule has 0 amide bonds. The molecule has 0 atom stereocenters. The molecule has 1 aromatic heterocycles. The molecule has 0 radical (unpaired) electrons. The highest BCUT2D eigenvalue weighted by Gasteiger charge is 2.31. The minimum atomic E-state index is -0.968. The van der Waals surface area contributed by atoms with E-state index in [1.807, 2.05) is 6.92 Å². The number of aryl methyl sites for hydroxylation is 2. The molecule has 3 N–H and O–H groups in total. The number of carboxylic acid groups (broad SMARTS) is 1. The second-order valence-corrected chi connectivity index (χ2v) is 6.15. The topological polar surface area (TPSA) is 82.5 Å². The number of aliphatic hydroxyl groups excluding tert-OH is 1. The number of nitrogens with zero attached hydrogens (tertiary/aromatic N) is 1. The molecule has 1 saturated carbocycles. The van der Waals surface area contributed by atoms with E-state index < -0.39 is 5.97 Å². The molecule has 1 aliphatic rings. The first-order valence-corrected chi connectivity index (χ1v) is 7.54. The fourth-order valence-corrected chi connectivity index (χ4v) is 3.21. The highest BCUT2D eigenvalue weighted by Crippen LogP contribution is 2.36. The second kappa shape index (κ2) is 6.43. The molecule has 0 unspecified atom stereocenters. The van der Waals surface area contributed by atoms with Gasteiger partial charge in [0.05, 0.1) is 18.0 Å². The van der Waals surface area contributed by atoms with Crippen LogP contribution in [0.2, 0.25) is 0 Å². The van der Waals surface area contributed by atoms with Crippen LogP contribution in [0.15, 0.2) is 6.07 Å². The lowest BCUT2D eigenvalue weighted by molar-refractivity contribution is 0.0696. The molecule has 1 aromatic rings. The van der Waals surface area contributed by atoms with Crippen molar-refractivity contribution in [2.45, 2.75) is 46.0 Å². The van der Waals surface area contributed by atoms with Crippen molar-refractivity contribution in [1.82, 2.24) is 4.98 Å². The minimum absolute atomic E-state index is 0.126. The van der Waals surface area contributed by atoms with Crippen molar-refractivity contribution in [2.75, 3.05) is 18.5 Å². The SMILES string of the molecule is Cc1cc(NCC2(CO)CCCCC2)c(C(=O)O)c(C)n1. The predicted octanol–water partition coefficient (Wildman–Crippen LogP) is 2.75. The molecule has 1 heterocycles. The number of carbonyl (C=O) groups is 1. The molecule has 5 nitrogen and oxygen atoms in total. The fourth-order valence-electron chi connectivity index (χ4n) is 3.21. The molecule has 0 bridgehead atoms. The molecule has 1 fully saturated rings. The van der Waals surface area contributed by atoms with Crippen LogP contribution in [0.1, 0.15) is 53.8 Å². The Morgan fingerprint density at radius 2 is 2.00 bits per heavy atom. The maximum atomic E-state index is 11.4. The lowest BCUT2D eigenvalue weighted by Crippen LogP contribution is -2.36. The summed E-state index contributed by atoms with van der Waals surface area (Å²) in [6.07, 6.45) is 5.45. The van der Waals surface area contributed by atoms with Gasteiger partial charge in [-0.3, -0.25) is 4.98 Å². The molecular formula is C16H24N2O3. The van der Waals surface area contributed by atoms with E-state index in [1.54, 1.807) is 13.0 Å². The molecule has 0 aromatic carbocycles. The Morgan fingerprint density at radius 1 is 1.33 bits per heavy atom. The zero-order valence-corrected chi connectivity index (χ0v) is 12.8. The smallest absolute Gasteiger partial charge is 0.339 e. The van der Waals surface area contributed by atoms with Gasteiger partial charge in [0.15, 0.2) is 0 Å². The summed E-state index contributed by atoms with van der Waals surface area (Å²) in [5.41, 5.74) is 2.02. The number of carboxylic acids is 1. The molecule has 2 rings (SSSR count). The van der Waals surface area contributed by atoms with Gasteiger partial charge in [-0.2, -0.15) is 0 Å². The average Bonchev–Trinajstić information content (AvgIpc) is 2.45. The van der Waals surface area contributed by atoms with Crippen LogP contribution < -0.4 is 5.32 Å². The van der Waals surface area contributed by atoms with Gasteiger partial charge in [-0.15, -0.1) is 0 Å². The summed E-state index contributed by atoms with van der Waals surface area (Å²) < 4.78 is 0. The number of anilines is 1. The van der Waals surface area contributed by atoms with Gasteiger partial charge in [-0.25, -0.2) is 4.79 Å². The van der Waals surface area contributed by atoms with Gasteiger partial charge in [0, 0.05) is 17.7 Å². The lowest BCUT2D eigenvalue weighted by atomic mass is 9.74. The first-order chi connectivity index (χ1) is 9.97. The standard InChI is InChI=1S/C16H24N2O3/c1-11-8-13(14(15(20)21)12(2)18-11)17-9-16(10-19)6-4-3-5-7-16/h8,19H,3-7,9-10H2,1-2H3,(H,17,18)(H,20,21). The number of aliphatic hydroxyl groups is 1. The Labute approximate surface area is 125 Å². The van der Waals surface area contributed by atoms with Crippen molar-refractivity contribution in [1.29, 1.82) is 0 Å². The van der Waals surface area contributed by atoms with E-state index in [0.717, 1.165) is 31.4 Å². The molecule has 0 saturated heterocycles. The summed E-state index contributed by atoms with van der Waals surface area (Å²) in [5, 5.41) is 22.4. The van der Waals surface area contributed by atoms with Crippen molar-refractivity contribution in [2.24, 2.45) is 5.41 Å². The Hall–Kier alpha value is -1.62. The fraction of sp³-hybridized carbons (Fsp3) is 0.625. The maximum Gasteiger partial charge on any atom is 0.339 e. The van der Waals surface area contributed by atoms with Crippen LogP contribution in [-0.4, -0.2) is 34.3 Å². The summed E-state index contributed by atoms with van der Waals surface area (Å²) in [6.45, 7) is 4.31. The minimum Gasteiger partial charge on any atom is -0.478 e. The second-order valence-electron chi connectivity index (χ2n) is 6.15. The lowest BCUT2D eigenvalue weighted by Gasteiger charge is -2.36. The van der Waals surface area contributed by atoms with Crippen molar-refractivity contribution in [3.05, 3.63) is 23.0 Å². The molecule has 0 spiro atoms. The summed E-state index contributed by atoms with van der Waals surface area (Å²) >= 11 is 0. The third-order valence-electron chi connectivity index (χ3n) is 4.45. The van der Waals surface area contributed by atoms with Crippen molar-refractivity contribution >= 4 is 11.7 Å². The van der Waals surface area contributed by atoms with Gasteiger partial charge in [0.2, 0.25) is 0 Å². The maximum absolute atomic E-state index is 11.4. The summed E-state index contributed by atoms with van der Waals surface area (Å²) in [5.74, 6) is -0.968.